The maximum absolute atomic E-state index is 4.29. The Morgan fingerprint density at radius 1 is 0.560 bits per heavy atom. The lowest BCUT2D eigenvalue weighted by Crippen LogP contribution is -1.92. The Morgan fingerprint density at radius 2 is 1.12 bits per heavy atom. The summed E-state index contributed by atoms with van der Waals surface area (Å²) in [5.74, 6) is 0. The van der Waals surface area contributed by atoms with Gasteiger partial charge in [0.15, 0.2) is 0 Å². The molecule has 2 nitrogen and oxygen atoms in total. The predicted molar refractivity (Wildman–Crippen MR) is 103 cm³/mol. The molecule has 0 saturated carbocycles. The van der Waals surface area contributed by atoms with Crippen LogP contribution in [0.25, 0.3) is 33.4 Å². The van der Waals surface area contributed by atoms with Gasteiger partial charge in [0.2, 0.25) is 0 Å². The van der Waals surface area contributed by atoms with E-state index in [-0.39, 0.29) is 0 Å². The van der Waals surface area contributed by atoms with Gasteiger partial charge >= 0.3 is 0 Å². The van der Waals surface area contributed by atoms with Crippen molar-refractivity contribution in [1.29, 1.82) is 0 Å². The largest absolute Gasteiger partial charge is 0.264 e. The average Bonchev–Trinajstić information content (AvgIpc) is 2.70. The third kappa shape index (κ3) is 3.07. The highest BCUT2D eigenvalue weighted by atomic mass is 14.6. The topological polar surface area (TPSA) is 25.8 Å². The molecule has 0 amide bonds. The molecule has 0 fully saturated rings. The Balaban J connectivity index is 1.98. The lowest BCUT2D eigenvalue weighted by Gasteiger charge is -2.15. The Labute approximate surface area is 147 Å². The van der Waals surface area contributed by atoms with Crippen molar-refractivity contribution in [3.05, 3.63) is 97.1 Å². The van der Waals surface area contributed by atoms with Crippen molar-refractivity contribution in [3.63, 3.8) is 0 Å². The lowest BCUT2D eigenvalue weighted by atomic mass is 9.89. The molecule has 0 radical (unpaired) electrons. The second-order valence-corrected chi connectivity index (χ2v) is 6.05. The summed E-state index contributed by atoms with van der Waals surface area (Å²) in [5.41, 5.74) is 8.32. The third-order valence-electron chi connectivity index (χ3n) is 4.46. The summed E-state index contributed by atoms with van der Waals surface area (Å²) in [6, 6.07) is 23.2. The molecule has 0 aliphatic carbocycles. The van der Waals surface area contributed by atoms with Crippen LogP contribution in [0.1, 0.15) is 5.56 Å². The van der Waals surface area contributed by atoms with Crippen LogP contribution in [0.2, 0.25) is 0 Å². The normalized spacial score (nSPS) is 10.6. The van der Waals surface area contributed by atoms with E-state index < -0.39 is 0 Å². The molecule has 0 unspecified atom stereocenters. The Kier molecular flexibility index (Phi) is 4.09. The van der Waals surface area contributed by atoms with Crippen LogP contribution in [-0.4, -0.2) is 9.97 Å². The molecular formula is C23H18N2. The lowest BCUT2D eigenvalue weighted by molar-refractivity contribution is 1.31. The van der Waals surface area contributed by atoms with Gasteiger partial charge in [-0.05, 0) is 59.0 Å². The average molecular weight is 322 g/mol. The first-order chi connectivity index (χ1) is 12.3. The molecule has 2 heterocycles. The zero-order chi connectivity index (χ0) is 17.1. The van der Waals surface area contributed by atoms with Gasteiger partial charge in [-0.2, -0.15) is 0 Å². The number of hydrogen-bond acceptors (Lipinski definition) is 2. The van der Waals surface area contributed by atoms with E-state index in [4.69, 9.17) is 0 Å². The van der Waals surface area contributed by atoms with Crippen LogP contribution in [0.3, 0.4) is 0 Å². The monoisotopic (exact) mass is 322 g/mol. The highest BCUT2D eigenvalue weighted by molar-refractivity contribution is 5.84. The molecule has 0 bridgehead atoms. The summed E-state index contributed by atoms with van der Waals surface area (Å²) >= 11 is 0. The summed E-state index contributed by atoms with van der Waals surface area (Å²) in [6.45, 7) is 2.18. The van der Waals surface area contributed by atoms with Crippen LogP contribution < -0.4 is 0 Å². The first-order valence-electron chi connectivity index (χ1n) is 8.34. The van der Waals surface area contributed by atoms with Crippen molar-refractivity contribution in [2.24, 2.45) is 0 Å². The Bertz CT molecular complexity index is 918. The van der Waals surface area contributed by atoms with E-state index in [1.807, 2.05) is 36.8 Å². The maximum atomic E-state index is 4.29. The molecule has 2 aromatic heterocycles. The smallest absolute Gasteiger partial charge is 0.0346 e. The zero-order valence-corrected chi connectivity index (χ0v) is 14.1. The van der Waals surface area contributed by atoms with E-state index in [2.05, 4.69) is 65.4 Å². The van der Waals surface area contributed by atoms with Crippen molar-refractivity contribution in [1.82, 2.24) is 9.97 Å². The SMILES string of the molecule is Cc1c(-c2ccccc2)cc(-c2cccnc2)cc1-c1cccnc1. The molecule has 4 aromatic rings. The number of benzene rings is 2. The molecule has 0 aliphatic rings. The van der Waals surface area contributed by atoms with Crippen LogP contribution in [0.15, 0.2) is 91.5 Å². The second-order valence-electron chi connectivity index (χ2n) is 6.05. The highest BCUT2D eigenvalue weighted by Gasteiger charge is 2.12. The van der Waals surface area contributed by atoms with Crippen molar-refractivity contribution in [2.75, 3.05) is 0 Å². The predicted octanol–water partition coefficient (Wildman–Crippen LogP) is 5.79. The molecule has 0 saturated heterocycles. The Morgan fingerprint density at radius 3 is 1.72 bits per heavy atom. The highest BCUT2D eigenvalue weighted by Crippen LogP contribution is 2.36. The van der Waals surface area contributed by atoms with E-state index in [1.54, 1.807) is 6.20 Å². The molecule has 2 heteroatoms. The van der Waals surface area contributed by atoms with E-state index in [0.717, 1.165) is 16.7 Å². The number of aromatic nitrogens is 2. The standard InChI is InChI=1S/C23H18N2/c1-17-22(18-7-3-2-4-8-18)13-21(19-9-5-11-24-15-19)14-23(17)20-10-6-12-25-16-20/h2-16H,1H3. The van der Waals surface area contributed by atoms with E-state index in [1.165, 1.54) is 22.3 Å². The summed E-state index contributed by atoms with van der Waals surface area (Å²) < 4.78 is 0. The van der Waals surface area contributed by atoms with Crippen LogP contribution in [0.4, 0.5) is 0 Å². The zero-order valence-electron chi connectivity index (χ0n) is 14.1. The minimum atomic E-state index is 1.12. The molecule has 25 heavy (non-hydrogen) atoms. The van der Waals surface area contributed by atoms with Gasteiger partial charge in [-0.3, -0.25) is 9.97 Å². The van der Waals surface area contributed by atoms with Crippen LogP contribution in [0.5, 0.6) is 0 Å². The maximum Gasteiger partial charge on any atom is 0.0346 e. The van der Waals surface area contributed by atoms with Gasteiger partial charge in [0.25, 0.3) is 0 Å². The first kappa shape index (κ1) is 15.3. The van der Waals surface area contributed by atoms with Gasteiger partial charge in [0.05, 0.1) is 0 Å². The molecular weight excluding hydrogens is 304 g/mol. The first-order valence-corrected chi connectivity index (χ1v) is 8.34. The molecule has 2 aromatic carbocycles. The van der Waals surface area contributed by atoms with Gasteiger partial charge in [-0.1, -0.05) is 42.5 Å². The minimum Gasteiger partial charge on any atom is -0.264 e. The van der Waals surface area contributed by atoms with Gasteiger partial charge in [0, 0.05) is 35.9 Å². The van der Waals surface area contributed by atoms with E-state index >= 15 is 0 Å². The van der Waals surface area contributed by atoms with Crippen LogP contribution >= 0.6 is 0 Å². The van der Waals surface area contributed by atoms with E-state index in [0.29, 0.717) is 0 Å². The van der Waals surface area contributed by atoms with Crippen molar-refractivity contribution in [2.45, 2.75) is 6.92 Å². The van der Waals surface area contributed by atoms with Crippen LogP contribution in [0, 0.1) is 6.92 Å². The number of pyridine rings is 2. The summed E-state index contributed by atoms with van der Waals surface area (Å²) in [6.07, 6.45) is 7.44. The van der Waals surface area contributed by atoms with Crippen molar-refractivity contribution in [3.8, 4) is 33.4 Å². The second kappa shape index (κ2) is 6.70. The number of rotatable bonds is 3. The molecule has 0 N–H and O–H groups in total. The minimum absolute atomic E-state index is 1.12. The molecule has 0 atom stereocenters. The molecule has 4 rings (SSSR count). The Hall–Kier alpha value is -3.26. The molecule has 0 spiro atoms. The van der Waals surface area contributed by atoms with Crippen molar-refractivity contribution < 1.29 is 0 Å². The van der Waals surface area contributed by atoms with E-state index in [9.17, 15) is 0 Å². The fraction of sp³-hybridized carbons (Fsp3) is 0.0435. The third-order valence-corrected chi connectivity index (χ3v) is 4.46. The summed E-state index contributed by atoms with van der Waals surface area (Å²) in [7, 11) is 0. The fourth-order valence-electron chi connectivity index (χ4n) is 3.15. The number of nitrogens with zero attached hydrogens (tertiary/aromatic N) is 2. The fourth-order valence-corrected chi connectivity index (χ4v) is 3.15. The van der Waals surface area contributed by atoms with Gasteiger partial charge in [0.1, 0.15) is 0 Å². The summed E-state index contributed by atoms with van der Waals surface area (Å²) in [4.78, 5) is 8.57. The molecule has 0 aliphatic heterocycles. The summed E-state index contributed by atoms with van der Waals surface area (Å²) in [5, 5.41) is 0. The van der Waals surface area contributed by atoms with Gasteiger partial charge in [-0.25, -0.2) is 0 Å². The molecule has 120 valence electrons. The quantitative estimate of drug-likeness (QED) is 0.477. The van der Waals surface area contributed by atoms with Crippen molar-refractivity contribution >= 4 is 0 Å². The van der Waals surface area contributed by atoms with Crippen LogP contribution in [-0.2, 0) is 0 Å². The number of hydrogen-bond donors (Lipinski definition) is 0. The van der Waals surface area contributed by atoms with Gasteiger partial charge < -0.3 is 0 Å². The van der Waals surface area contributed by atoms with Gasteiger partial charge in [-0.15, -0.1) is 0 Å².